The lowest BCUT2D eigenvalue weighted by atomic mass is 9.85. The molecule has 0 atom stereocenters. The van der Waals surface area contributed by atoms with Crippen molar-refractivity contribution in [3.63, 3.8) is 0 Å². The highest BCUT2D eigenvalue weighted by Crippen LogP contribution is 2.29. The topological polar surface area (TPSA) is 89.5 Å². The fraction of sp³-hybridized carbons (Fsp3) is 0.500. The van der Waals surface area contributed by atoms with E-state index in [2.05, 4.69) is 0 Å². The largest absolute Gasteiger partial charge is 0.393 e. The molecule has 2 rings (SSSR count). The summed E-state index contributed by atoms with van der Waals surface area (Å²) in [6.07, 6.45) is 3.51. The fourth-order valence-electron chi connectivity index (χ4n) is 2.41. The number of carbonyl (C=O) groups is 1. The van der Waals surface area contributed by atoms with Crippen molar-refractivity contribution in [1.82, 2.24) is 4.90 Å². The van der Waals surface area contributed by atoms with E-state index in [-0.39, 0.29) is 22.8 Å². The maximum atomic E-state index is 12.5. The van der Waals surface area contributed by atoms with Gasteiger partial charge in [-0.2, -0.15) is 0 Å². The number of rotatable bonds is 5. The van der Waals surface area contributed by atoms with Crippen molar-refractivity contribution in [1.29, 1.82) is 0 Å². The Morgan fingerprint density at radius 3 is 2.70 bits per heavy atom. The molecule has 1 aliphatic carbocycles. The fourth-order valence-corrected chi connectivity index (χ4v) is 2.41. The third-order valence-corrected chi connectivity index (χ3v) is 3.88. The van der Waals surface area contributed by atoms with Crippen LogP contribution < -0.4 is 5.73 Å². The normalized spacial score (nSPS) is 14.7. The molecule has 0 spiro atoms. The lowest BCUT2D eigenvalue weighted by Gasteiger charge is -2.32. The second kappa shape index (κ2) is 5.90. The van der Waals surface area contributed by atoms with Crippen LogP contribution in [-0.2, 0) is 0 Å². The van der Waals surface area contributed by atoms with Crippen LogP contribution in [0.4, 0.5) is 11.4 Å². The Balaban J connectivity index is 2.22. The maximum absolute atomic E-state index is 12.5. The van der Waals surface area contributed by atoms with E-state index in [4.69, 9.17) is 5.73 Å². The standard InChI is InChI=1S/C14H19N3O3/c1-2-16(9-10-5-3-6-10)14(18)11-7-4-8-12(13(11)15)17(19)20/h4,7-8,10H,2-3,5-6,9,15H2,1H3. The van der Waals surface area contributed by atoms with Crippen molar-refractivity contribution in [2.75, 3.05) is 18.8 Å². The molecule has 2 N–H and O–H groups in total. The van der Waals surface area contributed by atoms with E-state index in [9.17, 15) is 14.9 Å². The minimum Gasteiger partial charge on any atom is -0.393 e. The van der Waals surface area contributed by atoms with Crippen molar-refractivity contribution < 1.29 is 9.72 Å². The number of hydrogen-bond acceptors (Lipinski definition) is 4. The van der Waals surface area contributed by atoms with Crippen LogP contribution in [0.2, 0.25) is 0 Å². The quantitative estimate of drug-likeness (QED) is 0.508. The number of nitro groups is 1. The van der Waals surface area contributed by atoms with Crippen LogP contribution in [0.1, 0.15) is 36.5 Å². The Bertz CT molecular complexity index is 526. The monoisotopic (exact) mass is 277 g/mol. The number of nitrogens with two attached hydrogens (primary N) is 1. The van der Waals surface area contributed by atoms with Gasteiger partial charge >= 0.3 is 0 Å². The van der Waals surface area contributed by atoms with E-state index >= 15 is 0 Å². The van der Waals surface area contributed by atoms with E-state index < -0.39 is 4.92 Å². The minimum atomic E-state index is -0.561. The molecule has 1 amide bonds. The zero-order chi connectivity index (χ0) is 14.7. The molecule has 1 aromatic carbocycles. The van der Waals surface area contributed by atoms with Gasteiger partial charge in [-0.1, -0.05) is 12.5 Å². The highest BCUT2D eigenvalue weighted by atomic mass is 16.6. The summed E-state index contributed by atoms with van der Waals surface area (Å²) < 4.78 is 0. The van der Waals surface area contributed by atoms with Gasteiger partial charge in [-0.15, -0.1) is 0 Å². The Labute approximate surface area is 117 Å². The average Bonchev–Trinajstić information content (AvgIpc) is 2.37. The molecule has 6 nitrogen and oxygen atoms in total. The van der Waals surface area contributed by atoms with E-state index in [1.54, 1.807) is 11.0 Å². The van der Waals surface area contributed by atoms with Gasteiger partial charge < -0.3 is 10.6 Å². The molecule has 0 radical (unpaired) electrons. The molecule has 20 heavy (non-hydrogen) atoms. The van der Waals surface area contributed by atoms with Gasteiger partial charge in [0.25, 0.3) is 11.6 Å². The van der Waals surface area contributed by atoms with Crippen molar-refractivity contribution in [3.05, 3.63) is 33.9 Å². The number of hydrogen-bond donors (Lipinski definition) is 1. The van der Waals surface area contributed by atoms with E-state index in [1.165, 1.54) is 18.6 Å². The number of carbonyl (C=O) groups excluding carboxylic acids is 1. The molecule has 1 aliphatic rings. The number of nitrogen functional groups attached to an aromatic ring is 1. The van der Waals surface area contributed by atoms with Gasteiger partial charge in [-0.25, -0.2) is 0 Å². The molecule has 0 bridgehead atoms. The average molecular weight is 277 g/mol. The van der Waals surface area contributed by atoms with Gasteiger partial charge in [-0.3, -0.25) is 14.9 Å². The first-order valence-corrected chi connectivity index (χ1v) is 6.86. The van der Waals surface area contributed by atoms with E-state index in [0.29, 0.717) is 19.0 Å². The zero-order valence-corrected chi connectivity index (χ0v) is 11.5. The molecular weight excluding hydrogens is 258 g/mol. The molecule has 108 valence electrons. The molecule has 1 fully saturated rings. The summed E-state index contributed by atoms with van der Waals surface area (Å²) >= 11 is 0. The first kappa shape index (κ1) is 14.3. The van der Waals surface area contributed by atoms with Gasteiger partial charge in [0.2, 0.25) is 0 Å². The van der Waals surface area contributed by atoms with Crippen molar-refractivity contribution >= 4 is 17.3 Å². The first-order chi connectivity index (χ1) is 9.54. The molecule has 0 unspecified atom stereocenters. The molecule has 6 heteroatoms. The van der Waals surface area contributed by atoms with Crippen LogP contribution in [0.25, 0.3) is 0 Å². The maximum Gasteiger partial charge on any atom is 0.292 e. The molecule has 0 saturated heterocycles. The Hall–Kier alpha value is -2.11. The second-order valence-electron chi connectivity index (χ2n) is 5.14. The van der Waals surface area contributed by atoms with Crippen LogP contribution in [0.5, 0.6) is 0 Å². The minimum absolute atomic E-state index is 0.0467. The summed E-state index contributed by atoms with van der Waals surface area (Å²) in [6.45, 7) is 3.19. The highest BCUT2D eigenvalue weighted by molar-refractivity contribution is 6.01. The molecule has 0 heterocycles. The van der Waals surface area contributed by atoms with E-state index in [1.807, 2.05) is 6.92 Å². The smallest absolute Gasteiger partial charge is 0.292 e. The summed E-state index contributed by atoms with van der Waals surface area (Å²) in [5, 5.41) is 10.9. The number of nitro benzene ring substituents is 1. The molecule has 0 aliphatic heterocycles. The summed E-state index contributed by atoms with van der Waals surface area (Å²) in [4.78, 5) is 24.5. The predicted octanol–water partition coefficient (Wildman–Crippen LogP) is 2.44. The Kier molecular flexibility index (Phi) is 4.22. The van der Waals surface area contributed by atoms with Crippen molar-refractivity contribution in [2.45, 2.75) is 26.2 Å². The first-order valence-electron chi connectivity index (χ1n) is 6.86. The zero-order valence-electron chi connectivity index (χ0n) is 11.5. The van der Waals surface area contributed by atoms with Crippen molar-refractivity contribution in [2.24, 2.45) is 5.92 Å². The number of amides is 1. The Morgan fingerprint density at radius 1 is 1.50 bits per heavy atom. The van der Waals surface area contributed by atoms with Gasteiger partial charge in [0.05, 0.1) is 10.5 Å². The van der Waals surface area contributed by atoms with Crippen LogP contribution in [0, 0.1) is 16.0 Å². The number of benzene rings is 1. The Morgan fingerprint density at radius 2 is 2.20 bits per heavy atom. The van der Waals surface area contributed by atoms with Crippen LogP contribution >= 0.6 is 0 Å². The highest BCUT2D eigenvalue weighted by Gasteiger charge is 2.26. The summed E-state index contributed by atoms with van der Waals surface area (Å²) in [7, 11) is 0. The lowest BCUT2D eigenvalue weighted by Crippen LogP contribution is -2.37. The number of anilines is 1. The van der Waals surface area contributed by atoms with Crippen LogP contribution in [-0.4, -0.2) is 28.8 Å². The van der Waals surface area contributed by atoms with Crippen LogP contribution in [0.15, 0.2) is 18.2 Å². The summed E-state index contributed by atoms with van der Waals surface area (Å²) in [5.41, 5.74) is 5.73. The number of para-hydroxylation sites is 1. The molecule has 1 saturated carbocycles. The molecule has 0 aromatic heterocycles. The molecular formula is C14H19N3O3. The van der Waals surface area contributed by atoms with Gasteiger partial charge in [0, 0.05) is 19.2 Å². The lowest BCUT2D eigenvalue weighted by molar-refractivity contribution is -0.383. The molecule has 1 aromatic rings. The number of nitrogens with zero attached hydrogens (tertiary/aromatic N) is 2. The third-order valence-electron chi connectivity index (χ3n) is 3.88. The SMILES string of the molecule is CCN(CC1CCC1)C(=O)c1cccc([N+](=O)[O-])c1N. The summed E-state index contributed by atoms with van der Waals surface area (Å²) in [5.74, 6) is 0.333. The summed E-state index contributed by atoms with van der Waals surface area (Å²) in [6, 6.07) is 4.36. The van der Waals surface area contributed by atoms with Gasteiger partial charge in [0.1, 0.15) is 5.69 Å². The van der Waals surface area contributed by atoms with Gasteiger partial charge in [-0.05, 0) is 31.7 Å². The van der Waals surface area contributed by atoms with Crippen molar-refractivity contribution in [3.8, 4) is 0 Å². The van der Waals surface area contributed by atoms with Crippen LogP contribution in [0.3, 0.4) is 0 Å². The predicted molar refractivity (Wildman–Crippen MR) is 76.4 cm³/mol. The third kappa shape index (κ3) is 2.74. The second-order valence-corrected chi connectivity index (χ2v) is 5.14. The van der Waals surface area contributed by atoms with E-state index in [0.717, 1.165) is 12.8 Å². The van der Waals surface area contributed by atoms with Gasteiger partial charge in [0.15, 0.2) is 0 Å².